The summed E-state index contributed by atoms with van der Waals surface area (Å²) in [7, 11) is 0. The smallest absolute Gasteiger partial charge is 0.318 e. The lowest BCUT2D eigenvalue weighted by molar-refractivity contribution is -0.136. The number of aromatic nitrogens is 1. The molecule has 1 heterocycles. The van der Waals surface area contributed by atoms with Crippen LogP contribution < -0.4 is 10.7 Å². The fourth-order valence-corrected chi connectivity index (χ4v) is 1.90. The second-order valence-corrected chi connectivity index (χ2v) is 4.82. The molecule has 0 radical (unpaired) electrons. The van der Waals surface area contributed by atoms with Crippen molar-refractivity contribution in [3.8, 4) is 0 Å². The first-order chi connectivity index (χ1) is 10.5. The maximum absolute atomic E-state index is 11.8. The van der Waals surface area contributed by atoms with Gasteiger partial charge in [-0.2, -0.15) is 5.10 Å². The molecule has 1 aromatic heterocycles. The maximum atomic E-state index is 11.8. The van der Waals surface area contributed by atoms with Gasteiger partial charge in [-0.1, -0.05) is 12.1 Å². The Hall–Kier alpha value is -3.02. The largest absolute Gasteiger partial charge is 0.329 e. The van der Waals surface area contributed by atoms with Gasteiger partial charge in [0.1, 0.15) is 0 Å². The third-order valence-corrected chi connectivity index (χ3v) is 2.75. The van der Waals surface area contributed by atoms with E-state index in [0.717, 1.165) is 16.7 Å². The normalized spacial score (nSPS) is 10.5. The highest BCUT2D eigenvalue weighted by Crippen LogP contribution is 2.13. The molecule has 22 heavy (non-hydrogen) atoms. The number of hydrazone groups is 1. The van der Waals surface area contributed by atoms with Crippen LogP contribution in [0.15, 0.2) is 47.8 Å². The molecule has 2 N–H and O–H groups in total. The van der Waals surface area contributed by atoms with Crippen molar-refractivity contribution in [2.24, 2.45) is 5.10 Å². The molecule has 0 aliphatic rings. The van der Waals surface area contributed by atoms with Crippen LogP contribution in [0.4, 0.5) is 5.69 Å². The summed E-state index contributed by atoms with van der Waals surface area (Å²) in [6.07, 6.45) is 4.63. The summed E-state index contributed by atoms with van der Waals surface area (Å²) in [6, 6.07) is 9.08. The Kier molecular flexibility index (Phi) is 4.98. The van der Waals surface area contributed by atoms with Gasteiger partial charge < -0.3 is 5.32 Å². The van der Waals surface area contributed by atoms with Crippen LogP contribution in [0.3, 0.4) is 0 Å². The number of pyridine rings is 1. The number of amides is 2. The lowest BCUT2D eigenvalue weighted by Gasteiger charge is -2.06. The van der Waals surface area contributed by atoms with E-state index in [1.165, 1.54) is 6.21 Å². The SMILES string of the molecule is Cc1cc(C)cc(NC(=O)C(=O)N/N=C/c2cccnc2)c1. The quantitative estimate of drug-likeness (QED) is 0.514. The Morgan fingerprint density at radius 3 is 2.50 bits per heavy atom. The Labute approximate surface area is 128 Å². The molecule has 0 saturated heterocycles. The van der Waals surface area contributed by atoms with Crippen molar-refractivity contribution in [2.75, 3.05) is 5.32 Å². The average molecular weight is 296 g/mol. The van der Waals surface area contributed by atoms with Crippen LogP contribution >= 0.6 is 0 Å². The molecule has 2 aromatic rings. The molecule has 0 aliphatic heterocycles. The van der Waals surface area contributed by atoms with Crippen LogP contribution in [0.2, 0.25) is 0 Å². The molecule has 2 rings (SSSR count). The molecule has 0 fully saturated rings. The first-order valence-corrected chi connectivity index (χ1v) is 6.67. The fourth-order valence-electron chi connectivity index (χ4n) is 1.90. The van der Waals surface area contributed by atoms with Gasteiger partial charge in [-0.25, -0.2) is 5.43 Å². The predicted octanol–water partition coefficient (Wildman–Crippen LogP) is 1.79. The van der Waals surface area contributed by atoms with Gasteiger partial charge in [0.25, 0.3) is 0 Å². The van der Waals surface area contributed by atoms with Crippen molar-refractivity contribution < 1.29 is 9.59 Å². The number of carbonyl (C=O) groups excluding carboxylic acids is 2. The summed E-state index contributed by atoms with van der Waals surface area (Å²) < 4.78 is 0. The van der Waals surface area contributed by atoms with Crippen molar-refractivity contribution in [3.05, 3.63) is 59.4 Å². The summed E-state index contributed by atoms with van der Waals surface area (Å²) in [5.41, 5.74) is 5.48. The number of nitrogens with one attached hydrogen (secondary N) is 2. The average Bonchev–Trinajstić information content (AvgIpc) is 2.47. The third kappa shape index (κ3) is 4.52. The molecular weight excluding hydrogens is 280 g/mol. The second-order valence-electron chi connectivity index (χ2n) is 4.82. The summed E-state index contributed by atoms with van der Waals surface area (Å²) in [5, 5.41) is 6.25. The first kappa shape index (κ1) is 15.4. The monoisotopic (exact) mass is 296 g/mol. The summed E-state index contributed by atoms with van der Waals surface area (Å²) >= 11 is 0. The predicted molar refractivity (Wildman–Crippen MR) is 84.5 cm³/mol. The van der Waals surface area contributed by atoms with Crippen LogP contribution in [0.5, 0.6) is 0 Å². The molecule has 6 nitrogen and oxygen atoms in total. The van der Waals surface area contributed by atoms with E-state index in [4.69, 9.17) is 0 Å². The van der Waals surface area contributed by atoms with E-state index in [1.807, 2.05) is 19.9 Å². The van der Waals surface area contributed by atoms with Gasteiger partial charge in [-0.15, -0.1) is 0 Å². The van der Waals surface area contributed by atoms with Crippen LogP contribution in [0.1, 0.15) is 16.7 Å². The molecule has 1 aromatic carbocycles. The minimum atomic E-state index is -0.834. The van der Waals surface area contributed by atoms with E-state index in [0.29, 0.717) is 5.69 Å². The highest BCUT2D eigenvalue weighted by Gasteiger charge is 2.13. The van der Waals surface area contributed by atoms with E-state index >= 15 is 0 Å². The fraction of sp³-hybridized carbons (Fsp3) is 0.125. The number of aryl methyl sites for hydroxylation is 2. The summed E-state index contributed by atoms with van der Waals surface area (Å²) in [6.45, 7) is 3.84. The number of hydrogen-bond donors (Lipinski definition) is 2. The molecule has 0 saturated carbocycles. The van der Waals surface area contributed by atoms with E-state index in [-0.39, 0.29) is 0 Å². The van der Waals surface area contributed by atoms with Gasteiger partial charge in [0.05, 0.1) is 6.21 Å². The number of carbonyl (C=O) groups is 2. The molecule has 0 aliphatic carbocycles. The van der Waals surface area contributed by atoms with Crippen LogP contribution in [-0.2, 0) is 9.59 Å². The van der Waals surface area contributed by atoms with Gasteiger partial charge in [0.2, 0.25) is 0 Å². The Morgan fingerprint density at radius 1 is 1.14 bits per heavy atom. The van der Waals surface area contributed by atoms with Crippen LogP contribution in [0, 0.1) is 13.8 Å². The Balaban J connectivity index is 1.92. The van der Waals surface area contributed by atoms with Gasteiger partial charge >= 0.3 is 11.8 Å². The lowest BCUT2D eigenvalue weighted by Crippen LogP contribution is -2.32. The number of benzene rings is 1. The third-order valence-electron chi connectivity index (χ3n) is 2.75. The van der Waals surface area contributed by atoms with Crippen molar-refractivity contribution in [2.45, 2.75) is 13.8 Å². The zero-order valence-electron chi connectivity index (χ0n) is 12.3. The van der Waals surface area contributed by atoms with Gasteiger partial charge in [0, 0.05) is 23.6 Å². The van der Waals surface area contributed by atoms with Gasteiger partial charge in [-0.05, 0) is 43.2 Å². The molecule has 6 heteroatoms. The van der Waals surface area contributed by atoms with Crippen molar-refractivity contribution >= 4 is 23.7 Å². The van der Waals surface area contributed by atoms with Crippen LogP contribution in [0.25, 0.3) is 0 Å². The number of anilines is 1. The van der Waals surface area contributed by atoms with E-state index in [2.05, 4.69) is 20.8 Å². The van der Waals surface area contributed by atoms with E-state index in [9.17, 15) is 9.59 Å². The maximum Gasteiger partial charge on any atom is 0.329 e. The van der Waals surface area contributed by atoms with Crippen molar-refractivity contribution in [3.63, 3.8) is 0 Å². The zero-order chi connectivity index (χ0) is 15.9. The molecule has 0 unspecified atom stereocenters. The first-order valence-electron chi connectivity index (χ1n) is 6.67. The van der Waals surface area contributed by atoms with Crippen molar-refractivity contribution in [1.82, 2.24) is 10.4 Å². The Morgan fingerprint density at radius 2 is 1.86 bits per heavy atom. The molecule has 0 bridgehead atoms. The van der Waals surface area contributed by atoms with Gasteiger partial charge in [0.15, 0.2) is 0 Å². The molecule has 112 valence electrons. The second kappa shape index (κ2) is 7.12. The molecule has 0 spiro atoms. The molecule has 2 amide bonds. The minimum absolute atomic E-state index is 0.578. The van der Waals surface area contributed by atoms with Gasteiger partial charge in [-0.3, -0.25) is 14.6 Å². The van der Waals surface area contributed by atoms with Crippen molar-refractivity contribution in [1.29, 1.82) is 0 Å². The summed E-state index contributed by atoms with van der Waals surface area (Å²) in [5.74, 6) is -1.60. The summed E-state index contributed by atoms with van der Waals surface area (Å²) in [4.78, 5) is 27.3. The molecular formula is C16H16N4O2. The minimum Gasteiger partial charge on any atom is -0.318 e. The molecule has 0 atom stereocenters. The van der Waals surface area contributed by atoms with E-state index < -0.39 is 11.8 Å². The number of nitrogens with zero attached hydrogens (tertiary/aromatic N) is 2. The standard InChI is InChI=1S/C16H16N4O2/c1-11-6-12(2)8-14(7-11)19-15(21)16(22)20-18-10-13-4-3-5-17-9-13/h3-10H,1-2H3,(H,19,21)(H,20,22)/b18-10+. The van der Waals surface area contributed by atoms with Crippen LogP contribution in [-0.4, -0.2) is 23.0 Å². The zero-order valence-corrected chi connectivity index (χ0v) is 12.3. The van der Waals surface area contributed by atoms with E-state index in [1.54, 1.807) is 36.7 Å². The topological polar surface area (TPSA) is 83.5 Å². The Bertz CT molecular complexity index is 691. The number of hydrogen-bond acceptors (Lipinski definition) is 4. The highest BCUT2D eigenvalue weighted by molar-refractivity contribution is 6.39. The lowest BCUT2D eigenvalue weighted by atomic mass is 10.1. The highest BCUT2D eigenvalue weighted by atomic mass is 16.2. The number of rotatable bonds is 3.